The first-order valence-corrected chi connectivity index (χ1v) is 6.29. The maximum atomic E-state index is 5.66. The molecule has 3 rings (SSSR count). The van der Waals surface area contributed by atoms with Crippen LogP contribution in [0.15, 0.2) is 17.5 Å². The van der Waals surface area contributed by atoms with Gasteiger partial charge in [0.15, 0.2) is 0 Å². The van der Waals surface area contributed by atoms with Crippen LogP contribution in [0, 0.1) is 17.8 Å². The second kappa shape index (κ2) is 3.33. The molecule has 0 saturated heterocycles. The third-order valence-electron chi connectivity index (χ3n) is 3.89. The van der Waals surface area contributed by atoms with Crippen molar-refractivity contribution in [1.82, 2.24) is 5.43 Å². The predicted molar refractivity (Wildman–Crippen MR) is 58.7 cm³/mol. The fourth-order valence-corrected chi connectivity index (χ4v) is 4.07. The second-order valence-electron chi connectivity index (χ2n) is 4.50. The maximum absolute atomic E-state index is 5.66. The van der Waals surface area contributed by atoms with Crippen LogP contribution in [0.2, 0.25) is 0 Å². The van der Waals surface area contributed by atoms with E-state index in [4.69, 9.17) is 5.84 Å². The van der Waals surface area contributed by atoms with Gasteiger partial charge < -0.3 is 0 Å². The van der Waals surface area contributed by atoms with Crippen molar-refractivity contribution in [2.45, 2.75) is 25.3 Å². The largest absolute Gasteiger partial charge is 0.271 e. The molecule has 0 spiro atoms. The van der Waals surface area contributed by atoms with Crippen molar-refractivity contribution in [3.63, 3.8) is 0 Å². The lowest BCUT2D eigenvalue weighted by Crippen LogP contribution is -2.30. The van der Waals surface area contributed by atoms with E-state index in [1.807, 2.05) is 11.3 Å². The van der Waals surface area contributed by atoms with Crippen LogP contribution in [0.4, 0.5) is 0 Å². The number of hydrazine groups is 1. The molecule has 1 aromatic heterocycles. The smallest absolute Gasteiger partial charge is 0.0586 e. The molecule has 76 valence electrons. The molecular weight excluding hydrogens is 192 g/mol. The molecule has 2 aliphatic rings. The molecule has 14 heavy (non-hydrogen) atoms. The van der Waals surface area contributed by atoms with Crippen molar-refractivity contribution in [2.75, 3.05) is 0 Å². The summed E-state index contributed by atoms with van der Waals surface area (Å²) in [6.07, 6.45) is 4.30. The molecule has 0 amide bonds. The third kappa shape index (κ3) is 1.23. The number of nitrogens with one attached hydrogen (secondary N) is 1. The average Bonchev–Trinajstić information content (AvgIpc) is 2.67. The zero-order chi connectivity index (χ0) is 9.54. The number of rotatable bonds is 3. The summed E-state index contributed by atoms with van der Waals surface area (Å²) in [7, 11) is 0. The molecule has 0 radical (unpaired) electrons. The Balaban J connectivity index is 1.77. The fraction of sp³-hybridized carbons (Fsp3) is 0.636. The summed E-state index contributed by atoms with van der Waals surface area (Å²) in [6.45, 7) is 0. The normalized spacial score (nSPS) is 36.8. The van der Waals surface area contributed by atoms with Crippen LogP contribution in [0.25, 0.3) is 0 Å². The van der Waals surface area contributed by atoms with E-state index < -0.39 is 0 Å². The first-order chi connectivity index (χ1) is 6.92. The minimum atomic E-state index is 0.422. The Morgan fingerprint density at radius 2 is 2.21 bits per heavy atom. The van der Waals surface area contributed by atoms with Gasteiger partial charge in [-0.1, -0.05) is 12.5 Å². The van der Waals surface area contributed by atoms with Gasteiger partial charge >= 0.3 is 0 Å². The molecule has 0 aromatic carbocycles. The lowest BCUT2D eigenvalue weighted by Gasteiger charge is -2.15. The zero-order valence-electron chi connectivity index (χ0n) is 8.15. The highest BCUT2D eigenvalue weighted by Gasteiger charge is 2.56. The number of hydrogen-bond donors (Lipinski definition) is 2. The lowest BCUT2D eigenvalue weighted by atomic mass is 10.0. The number of nitrogens with two attached hydrogens (primary N) is 1. The van der Waals surface area contributed by atoms with E-state index in [0.717, 1.165) is 17.8 Å². The van der Waals surface area contributed by atoms with E-state index in [-0.39, 0.29) is 0 Å². The topological polar surface area (TPSA) is 38.0 Å². The van der Waals surface area contributed by atoms with E-state index in [0.29, 0.717) is 6.04 Å². The SMILES string of the molecule is NNC(c1cccs1)C1C2CCCC21. The van der Waals surface area contributed by atoms with Crippen LogP contribution in [0.3, 0.4) is 0 Å². The average molecular weight is 208 g/mol. The molecule has 2 nitrogen and oxygen atoms in total. The Labute approximate surface area is 88.5 Å². The zero-order valence-corrected chi connectivity index (χ0v) is 8.96. The first kappa shape index (κ1) is 8.89. The number of fused-ring (bicyclic) bond motifs is 1. The van der Waals surface area contributed by atoms with E-state index in [2.05, 4.69) is 22.9 Å². The van der Waals surface area contributed by atoms with Gasteiger partial charge in [-0.05, 0) is 42.0 Å². The van der Waals surface area contributed by atoms with Crippen LogP contribution >= 0.6 is 11.3 Å². The van der Waals surface area contributed by atoms with E-state index in [1.165, 1.54) is 24.1 Å². The quantitative estimate of drug-likeness (QED) is 0.591. The molecule has 0 aliphatic heterocycles. The highest BCUT2D eigenvalue weighted by Crippen LogP contribution is 2.62. The molecule has 2 fully saturated rings. The molecule has 3 atom stereocenters. The van der Waals surface area contributed by atoms with Gasteiger partial charge in [0.05, 0.1) is 6.04 Å². The van der Waals surface area contributed by atoms with Crippen LogP contribution in [-0.2, 0) is 0 Å². The van der Waals surface area contributed by atoms with Gasteiger partial charge in [-0.15, -0.1) is 11.3 Å². The molecule has 3 heteroatoms. The van der Waals surface area contributed by atoms with Gasteiger partial charge in [0, 0.05) is 4.88 Å². The Bertz CT molecular complexity index is 299. The molecule has 2 aliphatic carbocycles. The summed E-state index contributed by atoms with van der Waals surface area (Å²) in [6, 6.07) is 4.73. The van der Waals surface area contributed by atoms with Crippen LogP contribution in [0.1, 0.15) is 30.2 Å². The van der Waals surface area contributed by atoms with Crippen molar-refractivity contribution < 1.29 is 0 Å². The molecule has 3 N–H and O–H groups in total. The Kier molecular flexibility index (Phi) is 2.11. The minimum absolute atomic E-state index is 0.422. The number of hydrogen-bond acceptors (Lipinski definition) is 3. The van der Waals surface area contributed by atoms with Gasteiger partial charge in [-0.3, -0.25) is 11.3 Å². The van der Waals surface area contributed by atoms with Crippen LogP contribution in [-0.4, -0.2) is 0 Å². The van der Waals surface area contributed by atoms with Crippen molar-refractivity contribution >= 4 is 11.3 Å². The van der Waals surface area contributed by atoms with Crippen molar-refractivity contribution in [2.24, 2.45) is 23.6 Å². The summed E-state index contributed by atoms with van der Waals surface area (Å²) in [5, 5.41) is 2.14. The van der Waals surface area contributed by atoms with Gasteiger partial charge in [0.25, 0.3) is 0 Å². The fourth-order valence-electron chi connectivity index (χ4n) is 3.22. The van der Waals surface area contributed by atoms with Gasteiger partial charge in [0.2, 0.25) is 0 Å². The maximum Gasteiger partial charge on any atom is 0.0586 e. The standard InChI is InChI=1S/C11H16N2S/c12-13-11(9-5-2-6-14-9)10-7-3-1-4-8(7)10/h2,5-8,10-11,13H,1,3-4,12H2. The predicted octanol–water partition coefficient (Wildman–Crippen LogP) is 2.30. The summed E-state index contributed by atoms with van der Waals surface area (Å²) in [5.41, 5.74) is 3.01. The van der Waals surface area contributed by atoms with Gasteiger partial charge in [-0.2, -0.15) is 0 Å². The van der Waals surface area contributed by atoms with Crippen molar-refractivity contribution in [1.29, 1.82) is 0 Å². The summed E-state index contributed by atoms with van der Waals surface area (Å²) >= 11 is 1.82. The molecule has 1 heterocycles. The molecule has 3 unspecified atom stereocenters. The molecule has 1 aromatic rings. The Morgan fingerprint density at radius 1 is 1.43 bits per heavy atom. The van der Waals surface area contributed by atoms with Crippen molar-refractivity contribution in [3.05, 3.63) is 22.4 Å². The third-order valence-corrected chi connectivity index (χ3v) is 4.84. The highest BCUT2D eigenvalue weighted by atomic mass is 32.1. The Hall–Kier alpha value is -0.380. The van der Waals surface area contributed by atoms with E-state index in [9.17, 15) is 0 Å². The van der Waals surface area contributed by atoms with E-state index in [1.54, 1.807) is 0 Å². The lowest BCUT2D eigenvalue weighted by molar-refractivity contribution is 0.431. The summed E-state index contributed by atoms with van der Waals surface area (Å²) in [5.74, 6) is 8.43. The van der Waals surface area contributed by atoms with Gasteiger partial charge in [-0.25, -0.2) is 0 Å². The van der Waals surface area contributed by atoms with Crippen LogP contribution < -0.4 is 11.3 Å². The Morgan fingerprint density at radius 3 is 2.79 bits per heavy atom. The molecular formula is C11H16N2S. The molecule has 0 bridgehead atoms. The minimum Gasteiger partial charge on any atom is -0.271 e. The monoisotopic (exact) mass is 208 g/mol. The molecule has 2 saturated carbocycles. The summed E-state index contributed by atoms with van der Waals surface area (Å²) < 4.78 is 0. The number of thiophene rings is 1. The van der Waals surface area contributed by atoms with E-state index >= 15 is 0 Å². The van der Waals surface area contributed by atoms with Crippen LogP contribution in [0.5, 0.6) is 0 Å². The first-order valence-electron chi connectivity index (χ1n) is 5.41. The van der Waals surface area contributed by atoms with Crippen molar-refractivity contribution in [3.8, 4) is 0 Å². The summed E-state index contributed by atoms with van der Waals surface area (Å²) in [4.78, 5) is 1.41. The highest BCUT2D eigenvalue weighted by molar-refractivity contribution is 7.10. The van der Waals surface area contributed by atoms with Gasteiger partial charge in [0.1, 0.15) is 0 Å². The second-order valence-corrected chi connectivity index (χ2v) is 5.47.